The Morgan fingerprint density at radius 1 is 1.25 bits per heavy atom. The second-order valence-corrected chi connectivity index (χ2v) is 5.66. The Hall–Kier alpha value is -0.340. The van der Waals surface area contributed by atoms with Crippen LogP contribution in [0.3, 0.4) is 0 Å². The summed E-state index contributed by atoms with van der Waals surface area (Å²) in [7, 11) is -5.25. The first-order valence-electron chi connectivity index (χ1n) is 5.06. The van der Waals surface area contributed by atoms with Crippen LogP contribution in [-0.2, 0) is 10.0 Å². The summed E-state index contributed by atoms with van der Waals surface area (Å²) < 4.78 is 59.9. The van der Waals surface area contributed by atoms with Crippen molar-refractivity contribution in [3.05, 3.63) is 0 Å². The molecule has 2 unspecified atom stereocenters. The fourth-order valence-corrected chi connectivity index (χ4v) is 2.75. The summed E-state index contributed by atoms with van der Waals surface area (Å²) in [5.74, 6) is -0.203. The minimum Gasteiger partial charge on any atom is -0.330 e. The van der Waals surface area contributed by atoms with Gasteiger partial charge in [0.2, 0.25) is 0 Å². The average Bonchev–Trinajstić information content (AvgIpc) is 2.16. The van der Waals surface area contributed by atoms with Crippen molar-refractivity contribution in [1.29, 1.82) is 0 Å². The molecule has 0 aromatic carbocycles. The largest absolute Gasteiger partial charge is 0.511 e. The van der Waals surface area contributed by atoms with Gasteiger partial charge in [-0.1, -0.05) is 12.8 Å². The van der Waals surface area contributed by atoms with Crippen molar-refractivity contribution in [2.45, 2.75) is 37.2 Å². The van der Waals surface area contributed by atoms with Crippen molar-refractivity contribution >= 4 is 10.0 Å². The Balaban J connectivity index is 2.72. The van der Waals surface area contributed by atoms with E-state index in [0.717, 1.165) is 12.8 Å². The SMILES string of the molecule is NCC1CCCCC1NS(=O)(=O)C(F)(F)F. The summed E-state index contributed by atoms with van der Waals surface area (Å²) in [6.07, 6.45) is 2.69. The molecule has 0 heterocycles. The molecular formula is C8H15F3N2O2S. The molecule has 0 spiro atoms. The Bertz CT molecular complexity index is 329. The van der Waals surface area contributed by atoms with Crippen LogP contribution in [0.1, 0.15) is 25.7 Å². The van der Waals surface area contributed by atoms with Gasteiger partial charge in [0.1, 0.15) is 0 Å². The third-order valence-electron chi connectivity index (χ3n) is 2.82. The summed E-state index contributed by atoms with van der Waals surface area (Å²) >= 11 is 0. The molecule has 0 saturated heterocycles. The standard InChI is InChI=1S/C8H15F3N2O2S/c9-8(10,11)16(14,15)13-7-4-2-1-3-6(7)5-12/h6-7,13H,1-5,12H2. The molecular weight excluding hydrogens is 245 g/mol. The zero-order chi connectivity index (χ0) is 12.4. The summed E-state index contributed by atoms with van der Waals surface area (Å²) in [5.41, 5.74) is 0.159. The van der Waals surface area contributed by atoms with Crippen LogP contribution in [0.4, 0.5) is 13.2 Å². The molecule has 0 aliphatic heterocycles. The number of nitrogens with two attached hydrogens (primary N) is 1. The van der Waals surface area contributed by atoms with Crippen LogP contribution in [0.5, 0.6) is 0 Å². The highest BCUT2D eigenvalue weighted by Crippen LogP contribution is 2.28. The van der Waals surface area contributed by atoms with Gasteiger partial charge in [0.15, 0.2) is 0 Å². The Morgan fingerprint density at radius 3 is 2.31 bits per heavy atom. The minimum atomic E-state index is -5.25. The van der Waals surface area contributed by atoms with Crippen LogP contribution in [0.2, 0.25) is 0 Å². The predicted molar refractivity (Wildman–Crippen MR) is 52.9 cm³/mol. The zero-order valence-electron chi connectivity index (χ0n) is 8.63. The summed E-state index contributed by atoms with van der Waals surface area (Å²) in [6.45, 7) is 0.199. The molecule has 16 heavy (non-hydrogen) atoms. The first kappa shape index (κ1) is 13.7. The van der Waals surface area contributed by atoms with E-state index < -0.39 is 21.6 Å². The Morgan fingerprint density at radius 2 is 1.81 bits per heavy atom. The normalized spacial score (nSPS) is 28.0. The maximum Gasteiger partial charge on any atom is 0.511 e. The maximum atomic E-state index is 12.1. The van der Waals surface area contributed by atoms with E-state index in [1.165, 1.54) is 0 Å². The average molecular weight is 260 g/mol. The number of nitrogens with one attached hydrogen (secondary N) is 1. The molecule has 3 N–H and O–H groups in total. The van der Waals surface area contributed by atoms with Crippen LogP contribution in [0.15, 0.2) is 0 Å². The lowest BCUT2D eigenvalue weighted by Gasteiger charge is -2.31. The summed E-state index contributed by atoms with van der Waals surface area (Å²) in [4.78, 5) is 0. The summed E-state index contributed by atoms with van der Waals surface area (Å²) in [6, 6.07) is -0.689. The molecule has 2 atom stereocenters. The molecule has 0 aromatic heterocycles. The van der Waals surface area contributed by atoms with Gasteiger partial charge in [0.05, 0.1) is 0 Å². The molecule has 1 aliphatic carbocycles. The fourth-order valence-electron chi connectivity index (χ4n) is 1.91. The molecule has 96 valence electrons. The number of hydrogen-bond donors (Lipinski definition) is 2. The van der Waals surface area contributed by atoms with Gasteiger partial charge in [-0.25, -0.2) is 13.1 Å². The fraction of sp³-hybridized carbons (Fsp3) is 1.00. The van der Waals surface area contributed by atoms with Gasteiger partial charge >= 0.3 is 15.5 Å². The molecule has 0 radical (unpaired) electrons. The molecule has 8 heteroatoms. The van der Waals surface area contributed by atoms with Gasteiger partial charge in [-0.05, 0) is 25.3 Å². The zero-order valence-corrected chi connectivity index (χ0v) is 9.44. The van der Waals surface area contributed by atoms with Gasteiger partial charge < -0.3 is 5.73 Å². The van der Waals surface area contributed by atoms with E-state index in [9.17, 15) is 21.6 Å². The first-order valence-corrected chi connectivity index (χ1v) is 6.55. The minimum absolute atomic E-state index is 0.199. The van der Waals surface area contributed by atoms with Crippen LogP contribution >= 0.6 is 0 Å². The van der Waals surface area contributed by atoms with Crippen LogP contribution < -0.4 is 10.5 Å². The number of alkyl halides is 3. The summed E-state index contributed by atoms with van der Waals surface area (Å²) in [5, 5.41) is 0. The van der Waals surface area contributed by atoms with Crippen molar-refractivity contribution < 1.29 is 21.6 Å². The molecule has 0 aromatic rings. The van der Waals surface area contributed by atoms with E-state index in [4.69, 9.17) is 5.73 Å². The van der Waals surface area contributed by atoms with E-state index in [1.807, 2.05) is 0 Å². The van der Waals surface area contributed by atoms with Crippen molar-refractivity contribution in [2.24, 2.45) is 11.7 Å². The van der Waals surface area contributed by atoms with Crippen molar-refractivity contribution in [1.82, 2.24) is 4.72 Å². The highest BCUT2D eigenvalue weighted by Gasteiger charge is 2.47. The highest BCUT2D eigenvalue weighted by atomic mass is 32.2. The van der Waals surface area contributed by atoms with Crippen LogP contribution in [0.25, 0.3) is 0 Å². The van der Waals surface area contributed by atoms with Gasteiger partial charge in [0.25, 0.3) is 0 Å². The van der Waals surface area contributed by atoms with E-state index in [-0.39, 0.29) is 12.5 Å². The molecule has 0 bridgehead atoms. The number of hydrogen-bond acceptors (Lipinski definition) is 3. The number of sulfonamides is 1. The second kappa shape index (κ2) is 4.89. The predicted octanol–water partition coefficient (Wildman–Crippen LogP) is 0.943. The third-order valence-corrected chi connectivity index (χ3v) is 4.05. The molecule has 1 fully saturated rings. The van der Waals surface area contributed by atoms with E-state index in [1.54, 1.807) is 4.72 Å². The van der Waals surface area contributed by atoms with Gasteiger partial charge in [-0.2, -0.15) is 13.2 Å². The Kier molecular flexibility index (Phi) is 4.19. The van der Waals surface area contributed by atoms with E-state index in [0.29, 0.717) is 12.8 Å². The molecule has 1 rings (SSSR count). The quantitative estimate of drug-likeness (QED) is 0.793. The lowest BCUT2D eigenvalue weighted by molar-refractivity contribution is -0.0454. The van der Waals surface area contributed by atoms with E-state index >= 15 is 0 Å². The topological polar surface area (TPSA) is 72.2 Å². The Labute approximate surface area is 92.4 Å². The highest BCUT2D eigenvalue weighted by molar-refractivity contribution is 7.90. The third kappa shape index (κ3) is 3.08. The van der Waals surface area contributed by atoms with Crippen LogP contribution in [-0.4, -0.2) is 26.5 Å². The van der Waals surface area contributed by atoms with Crippen molar-refractivity contribution in [3.63, 3.8) is 0 Å². The smallest absolute Gasteiger partial charge is 0.330 e. The molecule has 0 amide bonds. The maximum absolute atomic E-state index is 12.1. The van der Waals surface area contributed by atoms with E-state index in [2.05, 4.69) is 0 Å². The monoisotopic (exact) mass is 260 g/mol. The van der Waals surface area contributed by atoms with Gasteiger partial charge in [0, 0.05) is 6.04 Å². The molecule has 4 nitrogen and oxygen atoms in total. The van der Waals surface area contributed by atoms with Gasteiger partial charge in [-0.15, -0.1) is 0 Å². The molecule has 1 saturated carbocycles. The molecule has 1 aliphatic rings. The van der Waals surface area contributed by atoms with Crippen molar-refractivity contribution in [2.75, 3.05) is 6.54 Å². The lowest BCUT2D eigenvalue weighted by atomic mass is 9.85. The first-order chi connectivity index (χ1) is 7.28. The van der Waals surface area contributed by atoms with Crippen LogP contribution in [0, 0.1) is 5.92 Å². The lowest BCUT2D eigenvalue weighted by Crippen LogP contribution is -2.48. The number of rotatable bonds is 3. The number of halogens is 3. The van der Waals surface area contributed by atoms with Crippen molar-refractivity contribution in [3.8, 4) is 0 Å². The second-order valence-electron chi connectivity index (χ2n) is 3.95. The van der Waals surface area contributed by atoms with Gasteiger partial charge in [-0.3, -0.25) is 0 Å².